The van der Waals surface area contributed by atoms with Crippen LogP contribution in [0.15, 0.2) is 36.4 Å². The summed E-state index contributed by atoms with van der Waals surface area (Å²) in [7, 11) is 1.63. The Bertz CT molecular complexity index is 768. The van der Waals surface area contributed by atoms with Crippen molar-refractivity contribution >= 4 is 0 Å². The van der Waals surface area contributed by atoms with Crippen LogP contribution in [0.3, 0.4) is 0 Å². The lowest BCUT2D eigenvalue weighted by Gasteiger charge is -2.36. The number of rotatable bonds is 4. The minimum atomic E-state index is -0.201. The van der Waals surface area contributed by atoms with Gasteiger partial charge in [-0.15, -0.1) is 0 Å². The number of nitrogens with zero attached hydrogens (tertiary/aromatic N) is 1. The fraction of sp³-hybridized carbons (Fsp3) is 0.368. The highest BCUT2D eigenvalue weighted by Gasteiger charge is 2.26. The summed E-state index contributed by atoms with van der Waals surface area (Å²) in [6.45, 7) is 3.54. The van der Waals surface area contributed by atoms with E-state index >= 15 is 0 Å². The van der Waals surface area contributed by atoms with Crippen LogP contribution in [0.4, 0.5) is 4.39 Å². The molecule has 0 aliphatic carbocycles. The Morgan fingerprint density at radius 2 is 2.20 bits per heavy atom. The van der Waals surface area contributed by atoms with Crippen LogP contribution in [0.2, 0.25) is 0 Å². The Kier molecular flexibility index (Phi) is 4.46. The minimum absolute atomic E-state index is 0.126. The highest BCUT2D eigenvalue weighted by molar-refractivity contribution is 5.55. The van der Waals surface area contributed by atoms with Gasteiger partial charge < -0.3 is 19.5 Å². The highest BCUT2D eigenvalue weighted by Crippen LogP contribution is 2.42. The van der Waals surface area contributed by atoms with Gasteiger partial charge in [0.25, 0.3) is 0 Å². The second-order valence-electron chi connectivity index (χ2n) is 6.28. The maximum absolute atomic E-state index is 13.6. The quantitative estimate of drug-likeness (QED) is 0.924. The molecule has 2 heterocycles. The highest BCUT2D eigenvalue weighted by atomic mass is 19.1. The van der Waals surface area contributed by atoms with E-state index in [1.807, 2.05) is 18.2 Å². The van der Waals surface area contributed by atoms with Crippen LogP contribution in [0.5, 0.6) is 17.2 Å². The van der Waals surface area contributed by atoms with Gasteiger partial charge in [0.15, 0.2) is 11.5 Å². The number of methoxy groups -OCH3 is 1. The zero-order valence-electron chi connectivity index (χ0n) is 14.1. The molecule has 0 radical (unpaired) electrons. The molecule has 1 N–H and O–H groups in total. The van der Waals surface area contributed by atoms with E-state index in [1.165, 1.54) is 6.07 Å². The van der Waals surface area contributed by atoms with Crippen molar-refractivity contribution in [2.45, 2.75) is 12.6 Å². The molecule has 0 saturated carbocycles. The first-order chi connectivity index (χ1) is 12.2. The van der Waals surface area contributed by atoms with Crippen molar-refractivity contribution in [3.63, 3.8) is 0 Å². The Balaban J connectivity index is 1.60. The van der Waals surface area contributed by atoms with E-state index in [0.717, 1.165) is 37.3 Å². The van der Waals surface area contributed by atoms with E-state index in [2.05, 4.69) is 10.2 Å². The van der Waals surface area contributed by atoms with Gasteiger partial charge in [0.2, 0.25) is 12.5 Å². The summed E-state index contributed by atoms with van der Waals surface area (Å²) in [4.78, 5) is 2.35. The molecule has 1 fully saturated rings. The number of nitrogens with one attached hydrogen (secondary N) is 1. The van der Waals surface area contributed by atoms with E-state index in [1.54, 1.807) is 19.2 Å². The molecule has 1 unspecified atom stereocenters. The van der Waals surface area contributed by atoms with Crippen LogP contribution in [0.25, 0.3) is 0 Å². The fourth-order valence-corrected chi connectivity index (χ4v) is 3.49. The SMILES string of the molecule is COc1cc(CN2CCNCC2c2cccc(F)c2)cc2c1OCO2. The van der Waals surface area contributed by atoms with Crippen molar-refractivity contribution < 1.29 is 18.6 Å². The van der Waals surface area contributed by atoms with Crippen molar-refractivity contribution in [3.8, 4) is 17.2 Å². The molecule has 2 aromatic rings. The number of ether oxygens (including phenoxy) is 3. The lowest BCUT2D eigenvalue weighted by atomic mass is 10.0. The Morgan fingerprint density at radius 1 is 1.28 bits per heavy atom. The largest absolute Gasteiger partial charge is 0.493 e. The van der Waals surface area contributed by atoms with Gasteiger partial charge in [-0.2, -0.15) is 0 Å². The van der Waals surface area contributed by atoms with E-state index < -0.39 is 0 Å². The number of hydrogen-bond acceptors (Lipinski definition) is 5. The summed E-state index contributed by atoms with van der Waals surface area (Å²) in [5.74, 6) is 1.86. The molecule has 1 atom stereocenters. The molecule has 2 aliphatic heterocycles. The van der Waals surface area contributed by atoms with Crippen molar-refractivity contribution in [1.82, 2.24) is 10.2 Å². The third kappa shape index (κ3) is 3.27. The minimum Gasteiger partial charge on any atom is -0.493 e. The Labute approximate surface area is 146 Å². The molecular weight excluding hydrogens is 323 g/mol. The summed E-state index contributed by atoms with van der Waals surface area (Å²) in [5.41, 5.74) is 2.07. The van der Waals surface area contributed by atoms with Gasteiger partial charge in [-0.3, -0.25) is 4.90 Å². The van der Waals surface area contributed by atoms with Gasteiger partial charge >= 0.3 is 0 Å². The Hall–Kier alpha value is -2.31. The third-order valence-electron chi connectivity index (χ3n) is 4.69. The normalized spacial score (nSPS) is 19.8. The molecule has 0 amide bonds. The van der Waals surface area contributed by atoms with Gasteiger partial charge in [-0.05, 0) is 35.4 Å². The zero-order chi connectivity index (χ0) is 17.2. The maximum atomic E-state index is 13.6. The molecule has 0 spiro atoms. The molecular formula is C19H21FN2O3. The first-order valence-corrected chi connectivity index (χ1v) is 8.41. The summed E-state index contributed by atoms with van der Waals surface area (Å²) >= 11 is 0. The molecule has 0 bridgehead atoms. The predicted molar refractivity (Wildman–Crippen MR) is 91.5 cm³/mol. The molecule has 25 heavy (non-hydrogen) atoms. The van der Waals surface area contributed by atoms with Crippen LogP contribution in [-0.4, -0.2) is 38.4 Å². The standard InChI is InChI=1S/C19H21FN2O3/c1-23-17-7-13(8-18-19(17)25-12-24-18)11-22-6-5-21-10-16(22)14-3-2-4-15(20)9-14/h2-4,7-9,16,21H,5-6,10-12H2,1H3. The second-order valence-corrected chi connectivity index (χ2v) is 6.28. The van der Waals surface area contributed by atoms with E-state index in [9.17, 15) is 4.39 Å². The predicted octanol–water partition coefficient (Wildman–Crippen LogP) is 2.71. The molecule has 2 aromatic carbocycles. The molecule has 132 valence electrons. The van der Waals surface area contributed by atoms with Crippen LogP contribution in [0.1, 0.15) is 17.2 Å². The third-order valence-corrected chi connectivity index (χ3v) is 4.69. The van der Waals surface area contributed by atoms with Gasteiger partial charge in [-0.25, -0.2) is 4.39 Å². The molecule has 6 heteroatoms. The van der Waals surface area contributed by atoms with Gasteiger partial charge in [0, 0.05) is 32.2 Å². The monoisotopic (exact) mass is 344 g/mol. The van der Waals surface area contributed by atoms with Gasteiger partial charge in [0.05, 0.1) is 7.11 Å². The van der Waals surface area contributed by atoms with Crippen LogP contribution < -0.4 is 19.5 Å². The van der Waals surface area contributed by atoms with Gasteiger partial charge in [-0.1, -0.05) is 12.1 Å². The smallest absolute Gasteiger partial charge is 0.231 e. The molecule has 1 saturated heterocycles. The number of benzene rings is 2. The van der Waals surface area contributed by atoms with Crippen LogP contribution in [-0.2, 0) is 6.54 Å². The van der Waals surface area contributed by atoms with Crippen molar-refractivity contribution in [1.29, 1.82) is 0 Å². The summed E-state index contributed by atoms with van der Waals surface area (Å²) in [6, 6.07) is 10.9. The molecule has 0 aromatic heterocycles. The summed E-state index contributed by atoms with van der Waals surface area (Å²) in [6.07, 6.45) is 0. The zero-order valence-corrected chi connectivity index (χ0v) is 14.1. The first-order valence-electron chi connectivity index (χ1n) is 8.41. The maximum Gasteiger partial charge on any atom is 0.231 e. The van der Waals surface area contributed by atoms with Crippen molar-refractivity contribution in [3.05, 3.63) is 53.3 Å². The summed E-state index contributed by atoms with van der Waals surface area (Å²) < 4.78 is 30.0. The lowest BCUT2D eigenvalue weighted by molar-refractivity contribution is 0.153. The molecule has 4 rings (SSSR count). The molecule has 5 nitrogen and oxygen atoms in total. The van der Waals surface area contributed by atoms with Crippen molar-refractivity contribution in [2.24, 2.45) is 0 Å². The average molecular weight is 344 g/mol. The second kappa shape index (κ2) is 6.90. The topological polar surface area (TPSA) is 43.0 Å². The van der Waals surface area contributed by atoms with Crippen LogP contribution >= 0.6 is 0 Å². The first kappa shape index (κ1) is 16.2. The van der Waals surface area contributed by atoms with Gasteiger partial charge in [0.1, 0.15) is 5.82 Å². The molecule has 2 aliphatic rings. The number of piperazine rings is 1. The lowest BCUT2D eigenvalue weighted by Crippen LogP contribution is -2.45. The fourth-order valence-electron chi connectivity index (χ4n) is 3.49. The number of hydrogen-bond donors (Lipinski definition) is 1. The average Bonchev–Trinajstić information content (AvgIpc) is 3.10. The number of halogens is 1. The summed E-state index contributed by atoms with van der Waals surface area (Å²) in [5, 5.41) is 3.40. The van der Waals surface area contributed by atoms with E-state index in [-0.39, 0.29) is 18.7 Å². The number of fused-ring (bicyclic) bond motifs is 1. The van der Waals surface area contributed by atoms with Crippen molar-refractivity contribution in [2.75, 3.05) is 33.5 Å². The van der Waals surface area contributed by atoms with Crippen LogP contribution in [0, 0.1) is 5.82 Å². The van der Waals surface area contributed by atoms with E-state index in [0.29, 0.717) is 17.2 Å². The Morgan fingerprint density at radius 3 is 3.04 bits per heavy atom. The van der Waals surface area contributed by atoms with E-state index in [4.69, 9.17) is 14.2 Å².